The number of primary amides is 1. The van der Waals surface area contributed by atoms with Gasteiger partial charge in [-0.2, -0.15) is 5.10 Å². The largest absolute Gasteiger partial charge is 0.361 e. The van der Waals surface area contributed by atoms with Crippen LogP contribution in [0, 0.1) is 19.7 Å². The van der Waals surface area contributed by atoms with Crippen LogP contribution in [0.5, 0.6) is 0 Å². The van der Waals surface area contributed by atoms with Crippen molar-refractivity contribution >= 4 is 18.0 Å². The summed E-state index contributed by atoms with van der Waals surface area (Å²) in [5.74, 6) is -2.46. The van der Waals surface area contributed by atoms with E-state index < -0.39 is 11.8 Å². The number of amides is 2. The minimum absolute atomic E-state index is 0.338. The molecular formula is C15H15FN4O2. The normalized spacial score (nSPS) is 10.9. The summed E-state index contributed by atoms with van der Waals surface area (Å²) >= 11 is 0. The lowest BCUT2D eigenvalue weighted by Gasteiger charge is -2.10. The maximum absolute atomic E-state index is 13.9. The Morgan fingerprint density at radius 2 is 2.00 bits per heavy atom. The molecule has 1 aromatic heterocycles. The number of carbonyl (C=O) groups excluding carboxylic acids is 2. The summed E-state index contributed by atoms with van der Waals surface area (Å²) < 4.78 is 15.7. The molecule has 22 heavy (non-hydrogen) atoms. The highest BCUT2D eigenvalue weighted by Gasteiger charge is 2.12. The minimum atomic E-state index is -1.12. The van der Waals surface area contributed by atoms with E-state index in [0.717, 1.165) is 11.4 Å². The molecule has 1 heterocycles. The highest BCUT2D eigenvalue weighted by atomic mass is 19.1. The molecule has 7 heteroatoms. The lowest BCUT2D eigenvalue weighted by Crippen LogP contribution is -2.32. The third-order valence-electron chi connectivity index (χ3n) is 3.16. The van der Waals surface area contributed by atoms with Crippen molar-refractivity contribution in [2.24, 2.45) is 10.8 Å². The lowest BCUT2D eigenvalue weighted by molar-refractivity contribution is -0.137. The van der Waals surface area contributed by atoms with E-state index in [1.165, 1.54) is 12.3 Å². The van der Waals surface area contributed by atoms with Crippen LogP contribution in [0.15, 0.2) is 35.4 Å². The molecule has 114 valence electrons. The van der Waals surface area contributed by atoms with Gasteiger partial charge in [-0.25, -0.2) is 9.82 Å². The fraction of sp³-hybridized carbons (Fsp3) is 0.133. The highest BCUT2D eigenvalue weighted by Crippen LogP contribution is 2.21. The number of hydrazone groups is 1. The molecule has 0 aliphatic rings. The number of nitrogens with two attached hydrogens (primary N) is 1. The molecule has 0 saturated carbocycles. The van der Waals surface area contributed by atoms with Gasteiger partial charge in [0, 0.05) is 17.0 Å². The van der Waals surface area contributed by atoms with Crippen LogP contribution in [-0.4, -0.2) is 22.6 Å². The summed E-state index contributed by atoms with van der Waals surface area (Å²) in [5, 5.41) is 3.66. The molecule has 0 aliphatic carbocycles. The third kappa shape index (κ3) is 3.03. The second kappa shape index (κ2) is 6.21. The fourth-order valence-corrected chi connectivity index (χ4v) is 2.14. The van der Waals surface area contributed by atoms with Crippen molar-refractivity contribution in [3.8, 4) is 5.69 Å². The Morgan fingerprint density at radius 1 is 1.32 bits per heavy atom. The average Bonchev–Trinajstić information content (AvgIpc) is 2.74. The molecule has 3 N–H and O–H groups in total. The molecule has 0 saturated heterocycles. The Kier molecular flexibility index (Phi) is 4.36. The van der Waals surface area contributed by atoms with Gasteiger partial charge in [0.2, 0.25) is 0 Å². The summed E-state index contributed by atoms with van der Waals surface area (Å²) in [4.78, 5) is 21.6. The number of carbonyl (C=O) groups is 2. The number of rotatable bonds is 3. The molecule has 2 aromatic rings. The van der Waals surface area contributed by atoms with E-state index in [1.807, 2.05) is 12.3 Å². The van der Waals surface area contributed by atoms with Crippen LogP contribution in [0.1, 0.15) is 17.0 Å². The van der Waals surface area contributed by atoms with E-state index in [2.05, 4.69) is 5.10 Å². The van der Waals surface area contributed by atoms with E-state index in [1.54, 1.807) is 35.8 Å². The topological polar surface area (TPSA) is 89.5 Å². The van der Waals surface area contributed by atoms with Crippen molar-refractivity contribution in [1.29, 1.82) is 0 Å². The lowest BCUT2D eigenvalue weighted by atomic mass is 10.2. The molecule has 2 rings (SSSR count). The number of nitrogens with zero attached hydrogens (tertiary/aromatic N) is 2. The van der Waals surface area contributed by atoms with Crippen LogP contribution < -0.4 is 11.2 Å². The van der Waals surface area contributed by atoms with Gasteiger partial charge in [-0.3, -0.25) is 9.59 Å². The quantitative estimate of drug-likeness (QED) is 0.506. The summed E-state index contributed by atoms with van der Waals surface area (Å²) in [6.45, 7) is 3.63. The highest BCUT2D eigenvalue weighted by molar-refractivity contribution is 6.34. The van der Waals surface area contributed by atoms with Crippen LogP contribution in [0.4, 0.5) is 4.39 Å². The predicted octanol–water partition coefficient (Wildman–Crippen LogP) is 1.17. The fourth-order valence-electron chi connectivity index (χ4n) is 2.14. The maximum Gasteiger partial charge on any atom is 0.329 e. The van der Waals surface area contributed by atoms with Crippen molar-refractivity contribution in [1.82, 2.24) is 9.99 Å². The third-order valence-corrected chi connectivity index (χ3v) is 3.16. The zero-order chi connectivity index (χ0) is 16.3. The molecule has 0 radical (unpaired) electrons. The van der Waals surface area contributed by atoms with E-state index in [4.69, 9.17) is 5.73 Å². The first-order valence-electron chi connectivity index (χ1n) is 6.48. The Hall–Kier alpha value is -2.96. The van der Waals surface area contributed by atoms with Gasteiger partial charge < -0.3 is 10.3 Å². The molecule has 0 aliphatic heterocycles. The molecule has 2 amide bonds. The van der Waals surface area contributed by atoms with Crippen LogP contribution >= 0.6 is 0 Å². The van der Waals surface area contributed by atoms with Crippen LogP contribution in [0.2, 0.25) is 0 Å². The van der Waals surface area contributed by atoms with Crippen LogP contribution in [-0.2, 0) is 9.59 Å². The Morgan fingerprint density at radius 3 is 2.64 bits per heavy atom. The van der Waals surface area contributed by atoms with Crippen molar-refractivity contribution in [3.05, 3.63) is 53.1 Å². The molecule has 0 unspecified atom stereocenters. The number of aromatic nitrogens is 1. The van der Waals surface area contributed by atoms with E-state index in [9.17, 15) is 14.0 Å². The number of hydrogen-bond acceptors (Lipinski definition) is 3. The van der Waals surface area contributed by atoms with Gasteiger partial charge in [0.15, 0.2) is 0 Å². The van der Waals surface area contributed by atoms with Crippen LogP contribution in [0.3, 0.4) is 0 Å². The minimum Gasteiger partial charge on any atom is -0.361 e. The monoisotopic (exact) mass is 302 g/mol. The van der Waals surface area contributed by atoms with Crippen molar-refractivity contribution in [2.45, 2.75) is 13.8 Å². The SMILES string of the molecule is Cc1cc(/C=N\NC(=O)C(N)=O)c(C)n1-c1ccccc1F. The van der Waals surface area contributed by atoms with Gasteiger partial charge in [0.1, 0.15) is 5.82 Å². The maximum atomic E-state index is 13.9. The number of hydrogen-bond donors (Lipinski definition) is 2. The van der Waals surface area contributed by atoms with E-state index in [-0.39, 0.29) is 5.82 Å². The van der Waals surface area contributed by atoms with Gasteiger partial charge in [-0.1, -0.05) is 12.1 Å². The van der Waals surface area contributed by atoms with Gasteiger partial charge in [-0.15, -0.1) is 0 Å². The van der Waals surface area contributed by atoms with Gasteiger partial charge in [-0.05, 0) is 32.0 Å². The summed E-state index contributed by atoms with van der Waals surface area (Å²) in [7, 11) is 0. The first-order chi connectivity index (χ1) is 10.4. The van der Waals surface area contributed by atoms with Gasteiger partial charge in [0.05, 0.1) is 11.9 Å². The number of benzene rings is 1. The summed E-state index contributed by atoms with van der Waals surface area (Å²) in [6.07, 6.45) is 1.38. The Bertz CT molecular complexity index is 765. The molecule has 0 fully saturated rings. The molecule has 1 aromatic carbocycles. The van der Waals surface area contributed by atoms with E-state index >= 15 is 0 Å². The average molecular weight is 302 g/mol. The van der Waals surface area contributed by atoms with Crippen molar-refractivity contribution in [2.75, 3.05) is 0 Å². The Balaban J connectivity index is 2.32. The number of halogens is 1. The number of aryl methyl sites for hydroxylation is 1. The smallest absolute Gasteiger partial charge is 0.329 e. The standard InChI is InChI=1S/C15H15FN4O2/c1-9-7-11(8-18-19-15(22)14(17)21)10(2)20(9)13-6-4-3-5-12(13)16/h3-8H,1-2H3,(H2,17,21)(H,19,22)/b18-8-. The molecular weight excluding hydrogens is 287 g/mol. The summed E-state index contributed by atoms with van der Waals surface area (Å²) in [6, 6.07) is 8.22. The number of nitrogens with one attached hydrogen (secondary N) is 1. The molecule has 0 bridgehead atoms. The predicted molar refractivity (Wildman–Crippen MR) is 80.1 cm³/mol. The molecule has 0 atom stereocenters. The molecule has 0 spiro atoms. The zero-order valence-electron chi connectivity index (χ0n) is 12.1. The van der Waals surface area contributed by atoms with Gasteiger partial charge in [0.25, 0.3) is 0 Å². The second-order valence-corrected chi connectivity index (χ2v) is 4.68. The van der Waals surface area contributed by atoms with E-state index in [0.29, 0.717) is 11.3 Å². The first-order valence-corrected chi connectivity index (χ1v) is 6.48. The van der Waals surface area contributed by atoms with Crippen molar-refractivity contribution in [3.63, 3.8) is 0 Å². The Labute approximate surface area is 126 Å². The molecule has 6 nitrogen and oxygen atoms in total. The van der Waals surface area contributed by atoms with Crippen molar-refractivity contribution < 1.29 is 14.0 Å². The van der Waals surface area contributed by atoms with Gasteiger partial charge >= 0.3 is 11.8 Å². The van der Waals surface area contributed by atoms with Crippen LogP contribution in [0.25, 0.3) is 5.69 Å². The summed E-state index contributed by atoms with van der Waals surface area (Å²) in [5.41, 5.74) is 9.48. The first kappa shape index (κ1) is 15.4. The second-order valence-electron chi connectivity index (χ2n) is 4.68. The zero-order valence-corrected chi connectivity index (χ0v) is 12.1. The number of para-hydroxylation sites is 1.